The third-order valence-corrected chi connectivity index (χ3v) is 4.23. The highest BCUT2D eigenvalue weighted by atomic mass is 16.2. The first-order valence-electron chi connectivity index (χ1n) is 8.02. The van der Waals surface area contributed by atoms with E-state index in [0.29, 0.717) is 5.56 Å². The second-order valence-electron chi connectivity index (χ2n) is 6.01. The lowest BCUT2D eigenvalue weighted by Crippen LogP contribution is -2.46. The van der Waals surface area contributed by atoms with Gasteiger partial charge in [0.05, 0.1) is 12.9 Å². The molecular weight excluding hydrogens is 306 g/mol. The van der Waals surface area contributed by atoms with Gasteiger partial charge in [-0.25, -0.2) is 4.98 Å². The van der Waals surface area contributed by atoms with Crippen molar-refractivity contribution in [3.8, 4) is 5.69 Å². The second kappa shape index (κ2) is 7.27. The molecular formula is C17H21N5O2. The van der Waals surface area contributed by atoms with E-state index in [1.54, 1.807) is 12.5 Å². The number of piperidine rings is 1. The zero-order valence-corrected chi connectivity index (χ0v) is 13.4. The lowest BCUT2D eigenvalue weighted by Gasteiger charge is -2.31. The lowest BCUT2D eigenvalue weighted by atomic mass is 10.0. The molecule has 0 aliphatic carbocycles. The Morgan fingerprint density at radius 3 is 2.50 bits per heavy atom. The number of aromatic nitrogens is 2. The van der Waals surface area contributed by atoms with Gasteiger partial charge in [0.2, 0.25) is 5.91 Å². The van der Waals surface area contributed by atoms with Gasteiger partial charge < -0.3 is 15.6 Å². The van der Waals surface area contributed by atoms with E-state index in [1.165, 1.54) is 0 Å². The Balaban J connectivity index is 1.53. The Hall–Kier alpha value is -2.67. The summed E-state index contributed by atoms with van der Waals surface area (Å²) in [5.41, 5.74) is 6.81. The molecule has 2 aromatic rings. The molecule has 1 aromatic carbocycles. The number of primary amides is 1. The summed E-state index contributed by atoms with van der Waals surface area (Å²) in [5.74, 6) is -0.379. The zero-order chi connectivity index (χ0) is 16.9. The van der Waals surface area contributed by atoms with Crippen LogP contribution in [0.3, 0.4) is 0 Å². The van der Waals surface area contributed by atoms with Gasteiger partial charge in [0.1, 0.15) is 0 Å². The Kier molecular flexibility index (Phi) is 4.90. The summed E-state index contributed by atoms with van der Waals surface area (Å²) in [6.45, 7) is 1.83. The third kappa shape index (κ3) is 3.99. The molecule has 1 aromatic heterocycles. The van der Waals surface area contributed by atoms with Gasteiger partial charge in [0.25, 0.3) is 5.91 Å². The van der Waals surface area contributed by atoms with Crippen molar-refractivity contribution in [2.45, 2.75) is 18.9 Å². The Bertz CT molecular complexity index is 688. The molecule has 0 unspecified atom stereocenters. The van der Waals surface area contributed by atoms with Crippen LogP contribution >= 0.6 is 0 Å². The van der Waals surface area contributed by atoms with Crippen LogP contribution < -0.4 is 11.1 Å². The number of nitrogens with zero attached hydrogens (tertiary/aromatic N) is 3. The van der Waals surface area contributed by atoms with Gasteiger partial charge in [0.15, 0.2) is 0 Å². The van der Waals surface area contributed by atoms with Crippen molar-refractivity contribution in [3.05, 3.63) is 48.5 Å². The van der Waals surface area contributed by atoms with Crippen LogP contribution in [0.5, 0.6) is 0 Å². The smallest absolute Gasteiger partial charge is 0.251 e. The molecule has 1 aliphatic rings. The van der Waals surface area contributed by atoms with Gasteiger partial charge in [-0.05, 0) is 37.1 Å². The zero-order valence-electron chi connectivity index (χ0n) is 13.4. The van der Waals surface area contributed by atoms with Crippen LogP contribution in [-0.2, 0) is 4.79 Å². The highest BCUT2D eigenvalue weighted by molar-refractivity contribution is 5.94. The maximum absolute atomic E-state index is 12.4. The molecule has 3 N–H and O–H groups in total. The molecule has 0 atom stereocenters. The van der Waals surface area contributed by atoms with Gasteiger partial charge in [-0.2, -0.15) is 0 Å². The molecule has 7 heteroatoms. The Morgan fingerprint density at radius 1 is 1.21 bits per heavy atom. The Labute approximate surface area is 140 Å². The maximum atomic E-state index is 12.4. The highest BCUT2D eigenvalue weighted by Crippen LogP contribution is 2.13. The van der Waals surface area contributed by atoms with Crippen LogP contribution in [-0.4, -0.2) is 51.9 Å². The number of nitrogens with one attached hydrogen (secondary N) is 1. The van der Waals surface area contributed by atoms with Gasteiger partial charge in [-0.3, -0.25) is 14.5 Å². The van der Waals surface area contributed by atoms with Gasteiger partial charge >= 0.3 is 0 Å². The SMILES string of the molecule is NC(=O)CN1CCC(NC(=O)c2ccc(-n3ccnc3)cc2)CC1. The van der Waals surface area contributed by atoms with Crippen LogP contribution in [0.4, 0.5) is 0 Å². The molecule has 1 fully saturated rings. The largest absolute Gasteiger partial charge is 0.369 e. The van der Waals surface area contributed by atoms with E-state index in [1.807, 2.05) is 39.9 Å². The first-order chi connectivity index (χ1) is 11.6. The molecule has 2 amide bonds. The fourth-order valence-corrected chi connectivity index (χ4v) is 2.92. The standard InChI is InChI=1S/C17H21N5O2/c18-16(23)11-21-8-5-14(6-9-21)20-17(24)13-1-3-15(4-2-13)22-10-7-19-12-22/h1-4,7,10,12,14H,5-6,8-9,11H2,(H2,18,23)(H,20,24). The van der Waals surface area contributed by atoms with Crippen molar-refractivity contribution in [3.63, 3.8) is 0 Å². The normalized spacial score (nSPS) is 16.0. The number of hydrogen-bond donors (Lipinski definition) is 2. The molecule has 7 nitrogen and oxygen atoms in total. The monoisotopic (exact) mass is 327 g/mol. The molecule has 2 heterocycles. The van der Waals surface area contributed by atoms with Crippen molar-refractivity contribution in [1.82, 2.24) is 19.8 Å². The number of hydrogen-bond acceptors (Lipinski definition) is 4. The molecule has 126 valence electrons. The van der Waals surface area contributed by atoms with Gasteiger partial charge in [-0.1, -0.05) is 0 Å². The van der Waals surface area contributed by atoms with Gasteiger partial charge in [-0.15, -0.1) is 0 Å². The van der Waals surface area contributed by atoms with Crippen molar-refractivity contribution in [1.29, 1.82) is 0 Å². The molecule has 24 heavy (non-hydrogen) atoms. The summed E-state index contributed by atoms with van der Waals surface area (Å²) < 4.78 is 1.89. The minimum atomic E-state index is -0.310. The van der Waals surface area contributed by atoms with Crippen LogP contribution in [0.1, 0.15) is 23.2 Å². The second-order valence-corrected chi connectivity index (χ2v) is 6.01. The van der Waals surface area contributed by atoms with Crippen molar-refractivity contribution in [2.75, 3.05) is 19.6 Å². The molecule has 0 saturated carbocycles. The summed E-state index contributed by atoms with van der Waals surface area (Å²) in [7, 11) is 0. The summed E-state index contributed by atoms with van der Waals surface area (Å²) >= 11 is 0. The Morgan fingerprint density at radius 2 is 1.92 bits per heavy atom. The number of nitrogens with two attached hydrogens (primary N) is 1. The lowest BCUT2D eigenvalue weighted by molar-refractivity contribution is -0.119. The molecule has 0 spiro atoms. The van der Waals surface area contributed by atoms with Crippen LogP contribution in [0.25, 0.3) is 5.69 Å². The van der Waals surface area contributed by atoms with Gasteiger partial charge in [0, 0.05) is 42.8 Å². The number of imidazole rings is 1. The number of carbonyl (C=O) groups excluding carboxylic acids is 2. The predicted molar refractivity (Wildman–Crippen MR) is 89.7 cm³/mol. The molecule has 3 rings (SSSR count). The number of likely N-dealkylation sites (tertiary alicyclic amines) is 1. The summed E-state index contributed by atoms with van der Waals surface area (Å²) in [4.78, 5) is 29.3. The quantitative estimate of drug-likeness (QED) is 0.839. The van der Waals surface area contributed by atoms with Crippen molar-refractivity contribution >= 4 is 11.8 Å². The van der Waals surface area contributed by atoms with E-state index in [9.17, 15) is 9.59 Å². The van der Waals surface area contributed by atoms with E-state index in [-0.39, 0.29) is 24.4 Å². The molecule has 0 radical (unpaired) electrons. The number of benzene rings is 1. The number of carbonyl (C=O) groups is 2. The topological polar surface area (TPSA) is 93.3 Å². The van der Waals surface area contributed by atoms with Crippen LogP contribution in [0, 0.1) is 0 Å². The predicted octanol–water partition coefficient (Wildman–Crippen LogP) is 0.552. The maximum Gasteiger partial charge on any atom is 0.251 e. The average Bonchev–Trinajstić information content (AvgIpc) is 3.11. The van der Waals surface area contributed by atoms with Crippen molar-refractivity contribution in [2.24, 2.45) is 5.73 Å². The van der Waals surface area contributed by atoms with Crippen LogP contribution in [0.15, 0.2) is 43.0 Å². The fraction of sp³-hybridized carbons (Fsp3) is 0.353. The third-order valence-electron chi connectivity index (χ3n) is 4.23. The average molecular weight is 327 g/mol. The first kappa shape index (κ1) is 16.2. The van der Waals surface area contributed by atoms with E-state index >= 15 is 0 Å². The molecule has 1 saturated heterocycles. The fourth-order valence-electron chi connectivity index (χ4n) is 2.92. The molecule has 0 bridgehead atoms. The minimum Gasteiger partial charge on any atom is -0.369 e. The summed E-state index contributed by atoms with van der Waals surface area (Å²) in [6.07, 6.45) is 6.94. The number of amides is 2. The van der Waals surface area contributed by atoms with E-state index < -0.39 is 0 Å². The van der Waals surface area contributed by atoms with Crippen molar-refractivity contribution < 1.29 is 9.59 Å². The highest BCUT2D eigenvalue weighted by Gasteiger charge is 2.21. The number of rotatable bonds is 5. The minimum absolute atomic E-state index is 0.0690. The summed E-state index contributed by atoms with van der Waals surface area (Å²) in [6, 6.07) is 7.55. The van der Waals surface area contributed by atoms with E-state index in [4.69, 9.17) is 5.73 Å². The van der Waals surface area contributed by atoms with Crippen LogP contribution in [0.2, 0.25) is 0 Å². The summed E-state index contributed by atoms with van der Waals surface area (Å²) in [5, 5.41) is 3.06. The molecule has 1 aliphatic heterocycles. The van der Waals surface area contributed by atoms with E-state index in [2.05, 4.69) is 10.3 Å². The first-order valence-corrected chi connectivity index (χ1v) is 8.02. The van der Waals surface area contributed by atoms with E-state index in [0.717, 1.165) is 31.6 Å².